The Balaban J connectivity index is 1.66. The molecule has 0 spiro atoms. The summed E-state index contributed by atoms with van der Waals surface area (Å²) in [7, 11) is 4.07. The summed E-state index contributed by atoms with van der Waals surface area (Å²) in [5.41, 5.74) is 4.84. The van der Waals surface area contributed by atoms with E-state index in [0.717, 1.165) is 23.2 Å². The van der Waals surface area contributed by atoms with Gasteiger partial charge in [0.05, 0.1) is 17.5 Å². The number of hydrogen-bond acceptors (Lipinski definition) is 5. The van der Waals surface area contributed by atoms with Crippen molar-refractivity contribution in [2.24, 2.45) is 0 Å². The summed E-state index contributed by atoms with van der Waals surface area (Å²) in [4.78, 5) is 19.1. The third-order valence-electron chi connectivity index (χ3n) is 5.77. The van der Waals surface area contributed by atoms with Gasteiger partial charge in [0.1, 0.15) is 18.0 Å². The predicted octanol–water partition coefficient (Wildman–Crippen LogP) is 3.08. The van der Waals surface area contributed by atoms with Crippen LogP contribution in [0.3, 0.4) is 0 Å². The van der Waals surface area contributed by atoms with Crippen molar-refractivity contribution in [1.82, 2.24) is 25.4 Å². The number of carbonyl (C=O) groups is 1. The van der Waals surface area contributed by atoms with Crippen LogP contribution < -0.4 is 10.6 Å². The molecule has 5 rings (SSSR count). The van der Waals surface area contributed by atoms with Crippen molar-refractivity contribution in [3.05, 3.63) is 82.7 Å². The third kappa shape index (κ3) is 3.48. The van der Waals surface area contributed by atoms with Gasteiger partial charge in [-0.25, -0.2) is 9.37 Å². The second-order valence-electron chi connectivity index (χ2n) is 8.20. The van der Waals surface area contributed by atoms with E-state index in [2.05, 4.69) is 55.0 Å². The van der Waals surface area contributed by atoms with Crippen LogP contribution in [0.4, 0.5) is 10.1 Å². The number of aromatic nitrogens is 3. The smallest absolute Gasteiger partial charge is 0.252 e. The van der Waals surface area contributed by atoms with Gasteiger partial charge in [-0.05, 0) is 42.9 Å². The zero-order valence-corrected chi connectivity index (χ0v) is 17.3. The molecule has 0 radical (unpaired) electrons. The first-order valence-electron chi connectivity index (χ1n) is 10.2. The van der Waals surface area contributed by atoms with Gasteiger partial charge in [0, 0.05) is 24.3 Å². The van der Waals surface area contributed by atoms with Crippen LogP contribution in [0.2, 0.25) is 0 Å². The molecule has 0 saturated carbocycles. The Labute approximate surface area is 179 Å². The molecule has 2 aromatic carbocycles. The number of rotatable bonds is 4. The first-order chi connectivity index (χ1) is 15.0. The number of nitrogens with zero attached hydrogens (tertiary/aromatic N) is 3. The van der Waals surface area contributed by atoms with E-state index in [0.29, 0.717) is 23.6 Å². The minimum Gasteiger partial charge on any atom is -0.377 e. The molecule has 2 aliphatic heterocycles. The average Bonchev–Trinajstić information content (AvgIpc) is 3.21. The molecule has 31 heavy (non-hydrogen) atoms. The summed E-state index contributed by atoms with van der Waals surface area (Å²) in [5, 5.41) is 13.4. The molecule has 3 aromatic rings. The third-order valence-corrected chi connectivity index (χ3v) is 5.77. The van der Waals surface area contributed by atoms with E-state index in [1.54, 1.807) is 0 Å². The Kier molecular flexibility index (Phi) is 4.78. The van der Waals surface area contributed by atoms with Gasteiger partial charge in [0.15, 0.2) is 0 Å². The summed E-state index contributed by atoms with van der Waals surface area (Å²) < 4.78 is 14.4. The topological polar surface area (TPSA) is 85.9 Å². The second kappa shape index (κ2) is 7.63. The molecule has 8 heteroatoms. The second-order valence-corrected chi connectivity index (χ2v) is 8.20. The van der Waals surface area contributed by atoms with E-state index >= 15 is 0 Å². The van der Waals surface area contributed by atoms with Crippen molar-refractivity contribution in [2.45, 2.75) is 18.5 Å². The molecule has 0 fully saturated rings. The van der Waals surface area contributed by atoms with E-state index in [9.17, 15) is 9.18 Å². The number of carbonyl (C=O) groups excluding carboxylic acids is 1. The van der Waals surface area contributed by atoms with Gasteiger partial charge in [-0.1, -0.05) is 30.3 Å². The Hall–Kier alpha value is -3.52. The molecule has 2 aliphatic rings. The molecule has 158 valence electrons. The Morgan fingerprint density at radius 2 is 2.00 bits per heavy atom. The molecule has 0 saturated heterocycles. The lowest BCUT2D eigenvalue weighted by Gasteiger charge is -2.36. The molecule has 3 heterocycles. The summed E-state index contributed by atoms with van der Waals surface area (Å²) in [6.45, 7) is 1.21. The first-order valence-corrected chi connectivity index (χ1v) is 10.2. The average molecular weight is 418 g/mol. The summed E-state index contributed by atoms with van der Waals surface area (Å²) in [5.74, 6) is -0.259. The zero-order valence-electron chi connectivity index (χ0n) is 17.3. The highest BCUT2D eigenvalue weighted by atomic mass is 19.1. The predicted molar refractivity (Wildman–Crippen MR) is 116 cm³/mol. The highest BCUT2D eigenvalue weighted by Crippen LogP contribution is 2.50. The van der Waals surface area contributed by atoms with Crippen molar-refractivity contribution in [3.63, 3.8) is 0 Å². The molecular weight excluding hydrogens is 395 g/mol. The fourth-order valence-corrected chi connectivity index (χ4v) is 4.52. The Bertz CT molecular complexity index is 1150. The Morgan fingerprint density at radius 3 is 2.71 bits per heavy atom. The maximum Gasteiger partial charge on any atom is 0.252 e. The van der Waals surface area contributed by atoms with Gasteiger partial charge < -0.3 is 15.5 Å². The Morgan fingerprint density at radius 1 is 1.19 bits per heavy atom. The summed E-state index contributed by atoms with van der Waals surface area (Å²) >= 11 is 0. The van der Waals surface area contributed by atoms with Gasteiger partial charge in [0.25, 0.3) is 5.91 Å². The number of anilines is 1. The van der Waals surface area contributed by atoms with E-state index in [4.69, 9.17) is 0 Å². The lowest BCUT2D eigenvalue weighted by molar-refractivity contribution is 0.0958. The number of nitrogens with one attached hydrogen (secondary N) is 3. The number of H-pyrrole nitrogens is 1. The monoisotopic (exact) mass is 418 g/mol. The normalized spacial score (nSPS) is 19.9. The van der Waals surface area contributed by atoms with Crippen molar-refractivity contribution in [1.29, 1.82) is 0 Å². The fourth-order valence-electron chi connectivity index (χ4n) is 4.52. The lowest BCUT2D eigenvalue weighted by atomic mass is 9.77. The first kappa shape index (κ1) is 19.4. The molecule has 7 nitrogen and oxygen atoms in total. The molecule has 0 bridgehead atoms. The van der Waals surface area contributed by atoms with Crippen molar-refractivity contribution in [2.75, 3.05) is 26.0 Å². The van der Waals surface area contributed by atoms with E-state index in [1.807, 2.05) is 20.2 Å². The molecule has 2 atom stereocenters. The molecular formula is C23H23FN6O. The molecule has 1 aromatic heterocycles. The van der Waals surface area contributed by atoms with Gasteiger partial charge in [-0.3, -0.25) is 9.89 Å². The van der Waals surface area contributed by atoms with E-state index < -0.39 is 5.82 Å². The van der Waals surface area contributed by atoms with Crippen LogP contribution in [-0.4, -0.2) is 46.6 Å². The maximum atomic E-state index is 14.4. The van der Waals surface area contributed by atoms with Crippen molar-refractivity contribution >= 4 is 17.2 Å². The number of benzene rings is 2. The van der Waals surface area contributed by atoms with Crippen molar-refractivity contribution in [3.8, 4) is 0 Å². The fraction of sp³-hybridized carbons (Fsp3) is 0.261. The highest BCUT2D eigenvalue weighted by Gasteiger charge is 2.39. The molecule has 1 amide bonds. The quantitative estimate of drug-likeness (QED) is 0.606. The van der Waals surface area contributed by atoms with Gasteiger partial charge in [-0.15, -0.1) is 0 Å². The van der Waals surface area contributed by atoms with E-state index in [-0.39, 0.29) is 17.9 Å². The summed E-state index contributed by atoms with van der Waals surface area (Å²) in [6, 6.07) is 10.9. The van der Waals surface area contributed by atoms with Crippen LogP contribution in [0, 0.1) is 5.82 Å². The lowest BCUT2D eigenvalue weighted by Crippen LogP contribution is -2.28. The van der Waals surface area contributed by atoms with Crippen LogP contribution in [0.15, 0.2) is 48.8 Å². The van der Waals surface area contributed by atoms with Crippen LogP contribution in [0.5, 0.6) is 0 Å². The largest absolute Gasteiger partial charge is 0.377 e. The summed E-state index contributed by atoms with van der Waals surface area (Å²) in [6.07, 6.45) is 3.47. The van der Waals surface area contributed by atoms with Gasteiger partial charge >= 0.3 is 0 Å². The van der Waals surface area contributed by atoms with Crippen LogP contribution >= 0.6 is 0 Å². The van der Waals surface area contributed by atoms with E-state index in [1.165, 1.54) is 24.0 Å². The molecule has 0 aliphatic carbocycles. The number of halogens is 1. The van der Waals surface area contributed by atoms with Crippen molar-refractivity contribution < 1.29 is 9.18 Å². The molecule has 2 unspecified atom stereocenters. The maximum absolute atomic E-state index is 14.4. The number of hydrogen-bond donors (Lipinski definition) is 3. The van der Waals surface area contributed by atoms with Crippen LogP contribution in [-0.2, 0) is 6.54 Å². The highest BCUT2D eigenvalue weighted by molar-refractivity contribution is 6.04. The van der Waals surface area contributed by atoms with Gasteiger partial charge in [0.2, 0.25) is 0 Å². The van der Waals surface area contributed by atoms with Crippen LogP contribution in [0.1, 0.15) is 44.8 Å². The minimum absolute atomic E-state index is 0.206. The van der Waals surface area contributed by atoms with Crippen LogP contribution in [0.25, 0.3) is 5.57 Å². The zero-order chi connectivity index (χ0) is 21.5. The SMILES string of the molecule is CN(C)Cc1ccc(C2Nc3cc(F)cc4c3C(=CCNC4=O)C2c2ncn[nH]2)cc1. The molecule has 3 N–H and O–H groups in total. The number of amides is 1. The minimum atomic E-state index is -0.448. The van der Waals surface area contributed by atoms with Gasteiger partial charge in [-0.2, -0.15) is 5.10 Å². The standard InChI is InChI=1S/C23H23FN6O/c1-30(2)11-13-3-5-14(6-4-13)21-20(22-26-12-27-29-22)16-7-8-25-23(31)17-9-15(24)10-18(28-21)19(16)17/h3-7,9-10,12,20-21,28H,8,11H2,1-2H3,(H,25,31)(H,26,27,29). The number of aromatic amines is 1.